The Labute approximate surface area is 146 Å². The molecule has 0 spiro atoms. The molecule has 0 aliphatic rings. The minimum atomic E-state index is -0.596. The Morgan fingerprint density at radius 2 is 2.04 bits per heavy atom. The molecule has 2 heterocycles. The second-order valence-electron chi connectivity index (χ2n) is 5.50. The van der Waals surface area contributed by atoms with Crippen molar-refractivity contribution in [2.24, 2.45) is 0 Å². The van der Waals surface area contributed by atoms with Crippen LogP contribution in [-0.2, 0) is 17.8 Å². The molecule has 0 bridgehead atoms. The lowest BCUT2D eigenvalue weighted by atomic mass is 10.1. The van der Waals surface area contributed by atoms with Gasteiger partial charge in [-0.25, -0.2) is 4.79 Å². The van der Waals surface area contributed by atoms with Gasteiger partial charge < -0.3 is 24.0 Å². The SMILES string of the molecule is COc1ccc2c(CC(=O)NCc3cc(=O)c(O)co3)cc(=O)oc2c1. The predicted octanol–water partition coefficient (Wildman–Crippen LogP) is 1.32. The summed E-state index contributed by atoms with van der Waals surface area (Å²) in [4.78, 5) is 35.2. The van der Waals surface area contributed by atoms with Gasteiger partial charge in [-0.3, -0.25) is 9.59 Å². The molecule has 1 amide bonds. The van der Waals surface area contributed by atoms with E-state index in [1.54, 1.807) is 18.2 Å². The van der Waals surface area contributed by atoms with E-state index >= 15 is 0 Å². The van der Waals surface area contributed by atoms with E-state index < -0.39 is 16.8 Å². The van der Waals surface area contributed by atoms with E-state index in [0.717, 1.165) is 12.3 Å². The van der Waals surface area contributed by atoms with Crippen LogP contribution in [0.4, 0.5) is 0 Å². The highest BCUT2D eigenvalue weighted by Gasteiger charge is 2.12. The average molecular weight is 357 g/mol. The van der Waals surface area contributed by atoms with Crippen LogP contribution in [0.25, 0.3) is 11.0 Å². The van der Waals surface area contributed by atoms with Crippen molar-refractivity contribution in [2.45, 2.75) is 13.0 Å². The molecule has 0 saturated carbocycles. The molecule has 26 heavy (non-hydrogen) atoms. The van der Waals surface area contributed by atoms with Gasteiger partial charge in [0, 0.05) is 23.6 Å². The molecule has 2 aromatic heterocycles. The number of benzene rings is 1. The molecule has 0 aliphatic heterocycles. The number of hydrogen-bond acceptors (Lipinski definition) is 7. The summed E-state index contributed by atoms with van der Waals surface area (Å²) in [6, 6.07) is 7.33. The van der Waals surface area contributed by atoms with Gasteiger partial charge in [-0.2, -0.15) is 0 Å². The standard InChI is InChI=1S/C18H15NO7/c1-24-11-2-3-13-10(5-18(23)26-16(13)7-11)4-17(22)19-8-12-6-14(20)15(21)9-25-12/h2-3,5-7,9,21H,4,8H2,1H3,(H,19,22). The van der Waals surface area contributed by atoms with Gasteiger partial charge in [0.25, 0.3) is 0 Å². The van der Waals surface area contributed by atoms with Gasteiger partial charge in [0.05, 0.1) is 20.1 Å². The third-order valence-electron chi connectivity index (χ3n) is 3.71. The minimum Gasteiger partial charge on any atom is -0.502 e. The number of hydrogen-bond donors (Lipinski definition) is 2. The van der Waals surface area contributed by atoms with E-state index in [1.165, 1.54) is 13.2 Å². The summed E-state index contributed by atoms with van der Waals surface area (Å²) in [5.41, 5.74) is -0.341. The number of rotatable bonds is 5. The first-order chi connectivity index (χ1) is 12.5. The Morgan fingerprint density at radius 3 is 2.77 bits per heavy atom. The van der Waals surface area contributed by atoms with Crippen LogP contribution in [0.2, 0.25) is 0 Å². The quantitative estimate of drug-likeness (QED) is 0.661. The van der Waals surface area contributed by atoms with Gasteiger partial charge >= 0.3 is 5.63 Å². The Bertz CT molecular complexity index is 1080. The first kappa shape index (κ1) is 17.3. The molecule has 0 saturated heterocycles. The van der Waals surface area contributed by atoms with Crippen molar-refractivity contribution in [2.75, 3.05) is 7.11 Å². The van der Waals surface area contributed by atoms with E-state index in [9.17, 15) is 14.4 Å². The molecule has 0 fully saturated rings. The van der Waals surface area contributed by atoms with Gasteiger partial charge in [0.15, 0.2) is 5.75 Å². The van der Waals surface area contributed by atoms with Crippen molar-refractivity contribution in [3.63, 3.8) is 0 Å². The van der Waals surface area contributed by atoms with Crippen LogP contribution in [-0.4, -0.2) is 18.1 Å². The maximum atomic E-state index is 12.2. The molecular weight excluding hydrogens is 342 g/mol. The number of carbonyl (C=O) groups is 1. The zero-order valence-electron chi connectivity index (χ0n) is 13.8. The third kappa shape index (κ3) is 3.75. The molecule has 0 radical (unpaired) electrons. The maximum absolute atomic E-state index is 12.2. The number of ether oxygens (including phenoxy) is 1. The first-order valence-electron chi connectivity index (χ1n) is 7.64. The van der Waals surface area contributed by atoms with Gasteiger partial charge in [-0.1, -0.05) is 0 Å². The highest BCUT2D eigenvalue weighted by molar-refractivity contribution is 5.87. The van der Waals surface area contributed by atoms with Crippen LogP contribution < -0.4 is 21.1 Å². The van der Waals surface area contributed by atoms with Gasteiger partial charge in [0.2, 0.25) is 11.3 Å². The van der Waals surface area contributed by atoms with E-state index in [4.69, 9.17) is 18.7 Å². The molecular formula is C18H15NO7. The van der Waals surface area contributed by atoms with Crippen molar-refractivity contribution in [1.29, 1.82) is 0 Å². The molecule has 0 atom stereocenters. The number of amides is 1. The van der Waals surface area contributed by atoms with Gasteiger partial charge in [-0.15, -0.1) is 0 Å². The molecule has 0 aliphatic carbocycles. The first-order valence-corrected chi connectivity index (χ1v) is 7.64. The Kier molecular flexibility index (Phi) is 4.74. The molecule has 134 valence electrons. The van der Waals surface area contributed by atoms with Gasteiger partial charge in [0.1, 0.15) is 23.4 Å². The fourth-order valence-corrected chi connectivity index (χ4v) is 2.44. The normalized spacial score (nSPS) is 10.7. The minimum absolute atomic E-state index is 0.0262. The molecule has 3 aromatic rings. The van der Waals surface area contributed by atoms with E-state index in [1.807, 2.05) is 0 Å². The Morgan fingerprint density at radius 1 is 1.23 bits per heavy atom. The molecule has 0 unspecified atom stereocenters. The lowest BCUT2D eigenvalue weighted by Gasteiger charge is -2.08. The summed E-state index contributed by atoms with van der Waals surface area (Å²) in [7, 11) is 1.50. The van der Waals surface area contributed by atoms with Crippen LogP contribution >= 0.6 is 0 Å². The highest BCUT2D eigenvalue weighted by atomic mass is 16.5. The number of nitrogens with one attached hydrogen (secondary N) is 1. The van der Waals surface area contributed by atoms with E-state index in [0.29, 0.717) is 22.3 Å². The predicted molar refractivity (Wildman–Crippen MR) is 91.2 cm³/mol. The number of aromatic hydroxyl groups is 1. The number of methoxy groups -OCH3 is 1. The molecule has 1 aromatic carbocycles. The lowest BCUT2D eigenvalue weighted by Crippen LogP contribution is -2.25. The van der Waals surface area contributed by atoms with Crippen LogP contribution in [0.15, 0.2) is 55.0 Å². The van der Waals surface area contributed by atoms with Crippen molar-refractivity contribution in [3.8, 4) is 11.5 Å². The molecule has 3 rings (SSSR count). The van der Waals surface area contributed by atoms with Crippen molar-refractivity contribution >= 4 is 16.9 Å². The average Bonchev–Trinajstić information content (AvgIpc) is 2.62. The van der Waals surface area contributed by atoms with E-state index in [-0.39, 0.29) is 24.6 Å². The summed E-state index contributed by atoms with van der Waals surface area (Å²) in [6.45, 7) is -0.0262. The van der Waals surface area contributed by atoms with Crippen molar-refractivity contribution < 1.29 is 23.5 Å². The van der Waals surface area contributed by atoms with Crippen LogP contribution in [0, 0.1) is 0 Å². The maximum Gasteiger partial charge on any atom is 0.336 e. The third-order valence-corrected chi connectivity index (χ3v) is 3.71. The Hall–Kier alpha value is -3.55. The van der Waals surface area contributed by atoms with Crippen LogP contribution in [0.5, 0.6) is 11.5 Å². The van der Waals surface area contributed by atoms with Crippen molar-refractivity contribution in [1.82, 2.24) is 5.32 Å². The highest BCUT2D eigenvalue weighted by Crippen LogP contribution is 2.22. The second-order valence-corrected chi connectivity index (χ2v) is 5.50. The number of carbonyl (C=O) groups excluding carboxylic acids is 1. The topological polar surface area (TPSA) is 119 Å². The monoisotopic (exact) mass is 357 g/mol. The van der Waals surface area contributed by atoms with Crippen molar-refractivity contribution in [3.05, 3.63) is 68.6 Å². The van der Waals surface area contributed by atoms with Gasteiger partial charge in [-0.05, 0) is 17.7 Å². The lowest BCUT2D eigenvalue weighted by molar-refractivity contribution is -0.120. The Balaban J connectivity index is 1.77. The number of fused-ring (bicyclic) bond motifs is 1. The summed E-state index contributed by atoms with van der Waals surface area (Å²) >= 11 is 0. The molecule has 8 heteroatoms. The zero-order chi connectivity index (χ0) is 18.7. The smallest absolute Gasteiger partial charge is 0.336 e. The summed E-state index contributed by atoms with van der Waals surface area (Å²) in [5, 5.41) is 12.4. The zero-order valence-corrected chi connectivity index (χ0v) is 13.8. The summed E-state index contributed by atoms with van der Waals surface area (Å²) in [6.07, 6.45) is 0.851. The van der Waals surface area contributed by atoms with Crippen LogP contribution in [0.3, 0.4) is 0 Å². The summed E-state index contributed by atoms with van der Waals surface area (Å²) in [5.74, 6) is -0.144. The van der Waals surface area contributed by atoms with E-state index in [2.05, 4.69) is 5.32 Å². The second kappa shape index (κ2) is 7.14. The van der Waals surface area contributed by atoms with Crippen LogP contribution in [0.1, 0.15) is 11.3 Å². The summed E-state index contributed by atoms with van der Waals surface area (Å²) < 4.78 is 15.2. The molecule has 8 nitrogen and oxygen atoms in total. The fourth-order valence-electron chi connectivity index (χ4n) is 2.44. The fraction of sp³-hybridized carbons (Fsp3) is 0.167. The largest absolute Gasteiger partial charge is 0.502 e. The molecule has 2 N–H and O–H groups in total.